The normalized spacial score (nSPS) is 13.4. The molecule has 0 saturated heterocycles. The number of para-hydroxylation sites is 1. The van der Waals surface area contributed by atoms with Gasteiger partial charge in [-0.15, -0.1) is 5.10 Å². The molecule has 28 heavy (non-hydrogen) atoms. The number of methoxy groups -OCH3 is 1. The monoisotopic (exact) mass is 401 g/mol. The van der Waals surface area contributed by atoms with Crippen molar-refractivity contribution in [2.24, 2.45) is 5.92 Å². The second-order valence-electron chi connectivity index (χ2n) is 6.55. The van der Waals surface area contributed by atoms with Crippen molar-refractivity contribution in [3.8, 4) is 0 Å². The number of esters is 1. The first-order chi connectivity index (χ1) is 13.4. The summed E-state index contributed by atoms with van der Waals surface area (Å²) in [5.74, 6) is 0.00632. The van der Waals surface area contributed by atoms with Crippen molar-refractivity contribution >= 4 is 40.2 Å². The molecule has 1 aromatic carbocycles. The molecular formula is C19H23N5O3S. The zero-order chi connectivity index (χ0) is 20.3. The highest BCUT2D eigenvalue weighted by molar-refractivity contribution is 7.99. The molecule has 3 rings (SSSR count). The quantitative estimate of drug-likeness (QED) is 0.369. The van der Waals surface area contributed by atoms with E-state index in [1.54, 1.807) is 4.52 Å². The third-order valence-corrected chi connectivity index (χ3v) is 5.50. The smallest absolute Gasteiger partial charge is 0.328 e. The Morgan fingerprint density at radius 2 is 2.04 bits per heavy atom. The molecule has 148 valence electrons. The number of aromatic nitrogens is 4. The van der Waals surface area contributed by atoms with Crippen molar-refractivity contribution in [1.82, 2.24) is 24.9 Å². The summed E-state index contributed by atoms with van der Waals surface area (Å²) in [5, 5.41) is 8.65. The lowest BCUT2D eigenvalue weighted by molar-refractivity contribution is -0.146. The van der Waals surface area contributed by atoms with Crippen molar-refractivity contribution in [1.29, 1.82) is 0 Å². The molecule has 9 heteroatoms. The predicted octanol–water partition coefficient (Wildman–Crippen LogP) is 2.38. The second-order valence-corrected chi connectivity index (χ2v) is 7.49. The number of amides is 1. The van der Waals surface area contributed by atoms with E-state index in [2.05, 4.69) is 20.4 Å². The van der Waals surface area contributed by atoms with E-state index >= 15 is 0 Å². The Bertz CT molecular complexity index is 1020. The van der Waals surface area contributed by atoms with Crippen molar-refractivity contribution in [2.75, 3.05) is 12.9 Å². The Morgan fingerprint density at radius 3 is 2.75 bits per heavy atom. The minimum Gasteiger partial charge on any atom is -0.467 e. The van der Waals surface area contributed by atoms with Crippen LogP contribution in [0, 0.1) is 12.8 Å². The summed E-state index contributed by atoms with van der Waals surface area (Å²) in [5.41, 5.74) is 1.50. The average molecular weight is 401 g/mol. The maximum Gasteiger partial charge on any atom is 0.328 e. The van der Waals surface area contributed by atoms with Gasteiger partial charge in [0, 0.05) is 5.39 Å². The molecule has 0 spiro atoms. The Balaban J connectivity index is 1.80. The zero-order valence-electron chi connectivity index (χ0n) is 16.3. The van der Waals surface area contributed by atoms with Gasteiger partial charge < -0.3 is 10.1 Å². The van der Waals surface area contributed by atoms with E-state index < -0.39 is 12.0 Å². The number of rotatable bonds is 7. The highest BCUT2D eigenvalue weighted by Crippen LogP contribution is 2.23. The first-order valence-electron chi connectivity index (χ1n) is 9.06. The molecule has 0 aliphatic rings. The number of carbonyl (C=O) groups is 2. The Labute approximate surface area is 167 Å². The number of nitrogens with zero attached hydrogens (tertiary/aromatic N) is 4. The number of aryl methyl sites for hydroxylation is 1. The number of hydrogen-bond acceptors (Lipinski definition) is 7. The molecule has 0 radical (unpaired) electrons. The predicted molar refractivity (Wildman–Crippen MR) is 107 cm³/mol. The van der Waals surface area contributed by atoms with E-state index in [9.17, 15) is 9.59 Å². The molecule has 0 saturated carbocycles. The summed E-state index contributed by atoms with van der Waals surface area (Å²) in [4.78, 5) is 33.5. The molecular weight excluding hydrogens is 378 g/mol. The van der Waals surface area contributed by atoms with Crippen LogP contribution in [0.4, 0.5) is 0 Å². The molecule has 1 N–H and O–H groups in total. The van der Waals surface area contributed by atoms with Crippen LogP contribution in [0.2, 0.25) is 0 Å². The number of hydrogen-bond donors (Lipinski definition) is 1. The van der Waals surface area contributed by atoms with Crippen LogP contribution >= 0.6 is 11.8 Å². The minimum absolute atomic E-state index is 0.0233. The van der Waals surface area contributed by atoms with Gasteiger partial charge in [0.05, 0.1) is 18.4 Å². The van der Waals surface area contributed by atoms with Crippen molar-refractivity contribution in [3.05, 3.63) is 30.1 Å². The number of fused-ring (bicyclic) bond motifs is 3. The number of nitrogens with one attached hydrogen (secondary N) is 1. The van der Waals surface area contributed by atoms with Gasteiger partial charge in [-0.25, -0.2) is 14.8 Å². The molecule has 1 amide bonds. The molecule has 0 unspecified atom stereocenters. The summed E-state index contributed by atoms with van der Waals surface area (Å²) < 4.78 is 6.47. The fourth-order valence-corrected chi connectivity index (χ4v) is 3.62. The van der Waals surface area contributed by atoms with E-state index in [0.29, 0.717) is 16.6 Å². The lowest BCUT2D eigenvalue weighted by Crippen LogP contribution is -2.46. The number of thioether (sulfide) groups is 1. The van der Waals surface area contributed by atoms with Crippen LogP contribution < -0.4 is 5.32 Å². The largest absolute Gasteiger partial charge is 0.467 e. The first kappa shape index (κ1) is 20.1. The summed E-state index contributed by atoms with van der Waals surface area (Å²) in [6, 6.07) is 7.01. The zero-order valence-corrected chi connectivity index (χ0v) is 17.1. The number of carbonyl (C=O) groups excluding carboxylic acids is 2. The molecule has 0 bridgehead atoms. The SMILES string of the molecule is CC[C@H](C)[C@H](NC(=O)CSc1nc2ccccc2c2nc(C)nn12)C(=O)OC. The average Bonchev–Trinajstić information content (AvgIpc) is 3.10. The molecule has 2 aromatic heterocycles. The van der Waals surface area contributed by atoms with Gasteiger partial charge in [0.1, 0.15) is 11.9 Å². The van der Waals surface area contributed by atoms with Crippen LogP contribution in [0.3, 0.4) is 0 Å². The van der Waals surface area contributed by atoms with Gasteiger partial charge in [0.2, 0.25) is 5.91 Å². The molecule has 2 heterocycles. The summed E-state index contributed by atoms with van der Waals surface area (Å²) in [6.07, 6.45) is 0.748. The van der Waals surface area contributed by atoms with Crippen LogP contribution in [-0.2, 0) is 14.3 Å². The maximum absolute atomic E-state index is 12.5. The van der Waals surface area contributed by atoms with Crippen LogP contribution in [-0.4, -0.2) is 50.4 Å². The van der Waals surface area contributed by atoms with Crippen molar-refractivity contribution in [3.63, 3.8) is 0 Å². The highest BCUT2D eigenvalue weighted by atomic mass is 32.2. The van der Waals surface area contributed by atoms with E-state index in [-0.39, 0.29) is 17.6 Å². The summed E-state index contributed by atoms with van der Waals surface area (Å²) in [6.45, 7) is 5.68. The maximum atomic E-state index is 12.5. The van der Waals surface area contributed by atoms with E-state index in [1.807, 2.05) is 45.0 Å². The Morgan fingerprint density at radius 1 is 1.29 bits per heavy atom. The van der Waals surface area contributed by atoms with Crippen molar-refractivity contribution in [2.45, 2.75) is 38.4 Å². The van der Waals surface area contributed by atoms with E-state index in [1.165, 1.54) is 18.9 Å². The third kappa shape index (κ3) is 4.09. The van der Waals surface area contributed by atoms with E-state index in [0.717, 1.165) is 17.3 Å². The Kier molecular flexibility index (Phi) is 6.13. The second kappa shape index (κ2) is 8.55. The van der Waals surface area contributed by atoms with Crippen LogP contribution in [0.15, 0.2) is 29.4 Å². The number of ether oxygens (including phenoxy) is 1. The van der Waals surface area contributed by atoms with Gasteiger partial charge >= 0.3 is 5.97 Å². The molecule has 8 nitrogen and oxygen atoms in total. The van der Waals surface area contributed by atoms with Crippen LogP contribution in [0.25, 0.3) is 16.6 Å². The standard InChI is InChI=1S/C19H23N5O3S/c1-5-11(2)16(18(26)27-4)22-15(25)10-28-19-21-14-9-7-6-8-13(14)17-20-12(3)23-24(17)19/h6-9,11,16H,5,10H2,1-4H3,(H,22,25)/t11-,16-/m0/s1. The lowest BCUT2D eigenvalue weighted by Gasteiger charge is -2.21. The molecule has 0 fully saturated rings. The molecule has 3 aromatic rings. The number of benzene rings is 1. The van der Waals surface area contributed by atoms with Gasteiger partial charge in [-0.3, -0.25) is 4.79 Å². The highest BCUT2D eigenvalue weighted by Gasteiger charge is 2.26. The topological polar surface area (TPSA) is 98.5 Å². The molecule has 0 aliphatic heterocycles. The third-order valence-electron chi connectivity index (χ3n) is 4.57. The first-order valence-corrected chi connectivity index (χ1v) is 10.0. The van der Waals surface area contributed by atoms with Gasteiger partial charge in [-0.1, -0.05) is 44.2 Å². The molecule has 0 aliphatic carbocycles. The molecule has 2 atom stereocenters. The summed E-state index contributed by atoms with van der Waals surface area (Å²) >= 11 is 1.25. The minimum atomic E-state index is -0.665. The van der Waals surface area contributed by atoms with Crippen LogP contribution in [0.1, 0.15) is 26.1 Å². The fourth-order valence-electron chi connectivity index (χ4n) is 2.87. The van der Waals surface area contributed by atoms with Gasteiger partial charge in [-0.2, -0.15) is 4.52 Å². The van der Waals surface area contributed by atoms with Gasteiger partial charge in [0.25, 0.3) is 0 Å². The fraction of sp³-hybridized carbons (Fsp3) is 0.421. The van der Waals surface area contributed by atoms with Crippen molar-refractivity contribution < 1.29 is 14.3 Å². The lowest BCUT2D eigenvalue weighted by atomic mass is 9.99. The van der Waals surface area contributed by atoms with Gasteiger partial charge in [-0.05, 0) is 25.0 Å². The van der Waals surface area contributed by atoms with E-state index in [4.69, 9.17) is 4.74 Å². The van der Waals surface area contributed by atoms with Crippen LogP contribution in [0.5, 0.6) is 0 Å². The summed E-state index contributed by atoms with van der Waals surface area (Å²) in [7, 11) is 1.32. The Hall–Kier alpha value is -2.68. The van der Waals surface area contributed by atoms with Gasteiger partial charge in [0.15, 0.2) is 10.8 Å².